The first kappa shape index (κ1) is 18.5. The van der Waals surface area contributed by atoms with Crippen molar-refractivity contribution in [2.45, 2.75) is 12.0 Å². The van der Waals surface area contributed by atoms with E-state index >= 15 is 0 Å². The lowest BCUT2D eigenvalue weighted by atomic mass is 9.95. The number of aromatic amines is 1. The highest BCUT2D eigenvalue weighted by Gasteiger charge is 2.71. The molecule has 1 spiro atoms. The Labute approximate surface area is 170 Å². The van der Waals surface area contributed by atoms with E-state index < -0.39 is 6.10 Å². The molecule has 3 aromatic rings. The second-order valence-electron chi connectivity index (χ2n) is 8.45. The van der Waals surface area contributed by atoms with E-state index in [-0.39, 0.29) is 12.0 Å². The van der Waals surface area contributed by atoms with Crippen LogP contribution in [0.5, 0.6) is 0 Å². The minimum atomic E-state index is -0.407. The molecule has 1 aromatic carbocycles. The standard InChI is InChI=1S/C22H27N5O2/c1-26(9-10-28)12-17-20(15-5-3-2-4-6-15)22(17)14-27(13-19(22)29)18-7-8-23-21-16(18)11-24-25-21/h2-8,11,17,19-20,28-29H,9-10,12-14H2,1H3,(H,23,24,25)/t17-,19+,20-,22-/m1/s1. The maximum Gasteiger partial charge on any atom is 0.157 e. The normalized spacial score (nSPS) is 28.7. The number of hydrogen-bond acceptors (Lipinski definition) is 6. The second kappa shape index (κ2) is 7.09. The predicted molar refractivity (Wildman–Crippen MR) is 112 cm³/mol. The number of nitrogens with zero attached hydrogens (tertiary/aromatic N) is 4. The number of aromatic nitrogens is 3. The number of hydrogen-bond donors (Lipinski definition) is 3. The molecule has 0 bridgehead atoms. The van der Waals surface area contributed by atoms with Crippen LogP contribution in [0, 0.1) is 11.3 Å². The van der Waals surface area contributed by atoms with Gasteiger partial charge in [-0.1, -0.05) is 30.3 Å². The van der Waals surface area contributed by atoms with Gasteiger partial charge in [-0.3, -0.25) is 5.10 Å². The fraction of sp³-hybridized carbons (Fsp3) is 0.455. The van der Waals surface area contributed by atoms with Gasteiger partial charge >= 0.3 is 0 Å². The second-order valence-corrected chi connectivity index (χ2v) is 8.45. The molecule has 5 rings (SSSR count). The first-order chi connectivity index (χ1) is 14.1. The molecule has 1 saturated heterocycles. The Morgan fingerprint density at radius 3 is 2.90 bits per heavy atom. The number of pyridine rings is 1. The molecule has 7 nitrogen and oxygen atoms in total. The SMILES string of the molecule is CN(CCO)C[C@@H]1[C@@H](c2ccccc2)[C@]12CN(c1ccnc3[nH]ncc13)C[C@@H]2O. The molecule has 2 fully saturated rings. The van der Waals surface area contributed by atoms with Gasteiger partial charge in [0.15, 0.2) is 5.65 Å². The van der Waals surface area contributed by atoms with Crippen molar-refractivity contribution in [2.24, 2.45) is 11.3 Å². The highest BCUT2D eigenvalue weighted by Crippen LogP contribution is 2.69. The average molecular weight is 393 g/mol. The predicted octanol–water partition coefficient (Wildman–Crippen LogP) is 1.46. The number of anilines is 1. The van der Waals surface area contributed by atoms with Crippen molar-refractivity contribution < 1.29 is 10.2 Å². The van der Waals surface area contributed by atoms with Gasteiger partial charge in [-0.15, -0.1) is 0 Å². The van der Waals surface area contributed by atoms with E-state index in [0.29, 0.717) is 24.9 Å². The van der Waals surface area contributed by atoms with Crippen molar-refractivity contribution in [2.75, 3.05) is 44.7 Å². The molecule has 3 N–H and O–H groups in total. The van der Waals surface area contributed by atoms with Crippen molar-refractivity contribution in [1.29, 1.82) is 0 Å². The Balaban J connectivity index is 1.48. The summed E-state index contributed by atoms with van der Waals surface area (Å²) >= 11 is 0. The summed E-state index contributed by atoms with van der Waals surface area (Å²) in [7, 11) is 2.04. The monoisotopic (exact) mass is 393 g/mol. The van der Waals surface area contributed by atoms with E-state index in [1.54, 1.807) is 6.20 Å². The van der Waals surface area contributed by atoms with Crippen molar-refractivity contribution in [3.63, 3.8) is 0 Å². The van der Waals surface area contributed by atoms with Crippen molar-refractivity contribution in [3.05, 3.63) is 54.4 Å². The molecule has 2 aliphatic rings. The number of fused-ring (bicyclic) bond motifs is 1. The quantitative estimate of drug-likeness (QED) is 0.588. The topological polar surface area (TPSA) is 88.5 Å². The number of rotatable bonds is 6. The maximum atomic E-state index is 11.3. The summed E-state index contributed by atoms with van der Waals surface area (Å²) in [5, 5.41) is 28.6. The van der Waals surface area contributed by atoms with Crippen LogP contribution in [-0.2, 0) is 0 Å². The number of benzene rings is 1. The van der Waals surface area contributed by atoms with Crippen LogP contribution in [0.1, 0.15) is 11.5 Å². The minimum absolute atomic E-state index is 0.149. The molecule has 152 valence electrons. The summed E-state index contributed by atoms with van der Waals surface area (Å²) in [4.78, 5) is 8.80. The first-order valence-electron chi connectivity index (χ1n) is 10.2. The van der Waals surface area contributed by atoms with Gasteiger partial charge in [-0.05, 0) is 30.5 Å². The number of β-amino-alcohol motifs (C(OH)–C–C–N with tert-alkyl or cyclic N) is 1. The zero-order valence-corrected chi connectivity index (χ0v) is 16.6. The van der Waals surface area contributed by atoms with Crippen LogP contribution in [0.25, 0.3) is 11.0 Å². The average Bonchev–Trinajstić information content (AvgIpc) is 3.03. The number of aliphatic hydroxyl groups excluding tert-OH is 2. The molecule has 0 amide bonds. The number of nitrogens with one attached hydrogen (secondary N) is 1. The van der Waals surface area contributed by atoms with E-state index in [4.69, 9.17) is 0 Å². The van der Waals surface area contributed by atoms with Gasteiger partial charge in [0.2, 0.25) is 0 Å². The van der Waals surface area contributed by atoms with Gasteiger partial charge < -0.3 is 20.0 Å². The third-order valence-electron chi connectivity index (χ3n) is 6.86. The Bertz CT molecular complexity index is 993. The molecule has 2 aromatic heterocycles. The fourth-order valence-electron chi connectivity index (χ4n) is 5.46. The molecule has 0 unspecified atom stereocenters. The third-order valence-corrected chi connectivity index (χ3v) is 6.86. The van der Waals surface area contributed by atoms with Crippen molar-refractivity contribution >= 4 is 16.7 Å². The van der Waals surface area contributed by atoms with Crippen LogP contribution in [0.2, 0.25) is 0 Å². The Morgan fingerprint density at radius 1 is 1.28 bits per heavy atom. The summed E-state index contributed by atoms with van der Waals surface area (Å²) in [6.07, 6.45) is 3.19. The lowest BCUT2D eigenvalue weighted by molar-refractivity contribution is 0.117. The first-order valence-corrected chi connectivity index (χ1v) is 10.2. The van der Waals surface area contributed by atoms with Gasteiger partial charge in [0, 0.05) is 37.8 Å². The molecule has 0 radical (unpaired) electrons. The molecule has 7 heteroatoms. The smallest absolute Gasteiger partial charge is 0.157 e. The number of likely N-dealkylation sites (N-methyl/N-ethyl adjacent to an activating group) is 1. The van der Waals surface area contributed by atoms with E-state index in [0.717, 1.165) is 29.8 Å². The van der Waals surface area contributed by atoms with Crippen LogP contribution < -0.4 is 4.90 Å². The third kappa shape index (κ3) is 2.92. The van der Waals surface area contributed by atoms with Crippen LogP contribution >= 0.6 is 0 Å². The minimum Gasteiger partial charge on any atom is -0.395 e. The Kier molecular flexibility index (Phi) is 4.53. The van der Waals surface area contributed by atoms with Gasteiger partial charge in [0.1, 0.15) is 0 Å². The zero-order chi connectivity index (χ0) is 20.0. The molecule has 1 saturated carbocycles. The largest absolute Gasteiger partial charge is 0.395 e. The van der Waals surface area contributed by atoms with E-state index in [1.165, 1.54) is 5.56 Å². The van der Waals surface area contributed by atoms with Gasteiger partial charge in [-0.25, -0.2) is 4.98 Å². The lowest BCUT2D eigenvalue weighted by Gasteiger charge is -2.20. The zero-order valence-electron chi connectivity index (χ0n) is 16.6. The van der Waals surface area contributed by atoms with Crippen LogP contribution in [0.3, 0.4) is 0 Å². The Morgan fingerprint density at radius 2 is 2.10 bits per heavy atom. The molecular formula is C22H27N5O2. The van der Waals surface area contributed by atoms with Crippen LogP contribution in [0.15, 0.2) is 48.8 Å². The van der Waals surface area contributed by atoms with Gasteiger partial charge in [-0.2, -0.15) is 5.10 Å². The summed E-state index contributed by atoms with van der Waals surface area (Å²) in [6, 6.07) is 12.6. The molecule has 1 aliphatic heterocycles. The van der Waals surface area contributed by atoms with Crippen LogP contribution in [-0.4, -0.2) is 76.2 Å². The van der Waals surface area contributed by atoms with Gasteiger partial charge in [0.05, 0.1) is 30.0 Å². The molecule has 1 aliphatic carbocycles. The summed E-state index contributed by atoms with van der Waals surface area (Å²) in [5.41, 5.74) is 2.96. The Hall–Kier alpha value is -2.48. The summed E-state index contributed by atoms with van der Waals surface area (Å²) in [5.74, 6) is 0.662. The summed E-state index contributed by atoms with van der Waals surface area (Å²) in [6.45, 7) is 3.07. The van der Waals surface area contributed by atoms with Crippen LogP contribution in [0.4, 0.5) is 5.69 Å². The highest BCUT2D eigenvalue weighted by atomic mass is 16.3. The van der Waals surface area contributed by atoms with E-state index in [1.807, 2.05) is 25.4 Å². The van der Waals surface area contributed by atoms with Gasteiger partial charge in [0.25, 0.3) is 0 Å². The van der Waals surface area contributed by atoms with E-state index in [2.05, 4.69) is 49.2 Å². The molecular weight excluding hydrogens is 366 g/mol. The highest BCUT2D eigenvalue weighted by molar-refractivity contribution is 5.89. The lowest BCUT2D eigenvalue weighted by Crippen LogP contribution is -2.29. The maximum absolute atomic E-state index is 11.3. The molecule has 3 heterocycles. The number of H-pyrrole nitrogens is 1. The van der Waals surface area contributed by atoms with Crippen molar-refractivity contribution in [1.82, 2.24) is 20.1 Å². The molecule has 4 atom stereocenters. The van der Waals surface area contributed by atoms with Crippen molar-refractivity contribution in [3.8, 4) is 0 Å². The number of aliphatic hydroxyl groups is 2. The fourth-order valence-corrected chi connectivity index (χ4v) is 5.46. The van der Waals surface area contributed by atoms with E-state index in [9.17, 15) is 10.2 Å². The molecule has 29 heavy (non-hydrogen) atoms. The summed E-state index contributed by atoms with van der Waals surface area (Å²) < 4.78 is 0.